The van der Waals surface area contributed by atoms with Crippen molar-refractivity contribution in [2.45, 2.75) is 39.2 Å². The minimum absolute atomic E-state index is 0.0807. The van der Waals surface area contributed by atoms with Crippen molar-refractivity contribution in [1.82, 2.24) is 5.32 Å². The molecule has 1 aliphatic carbocycles. The van der Waals surface area contributed by atoms with E-state index in [4.69, 9.17) is 4.74 Å². The van der Waals surface area contributed by atoms with Crippen molar-refractivity contribution >= 4 is 23.3 Å². The van der Waals surface area contributed by atoms with Gasteiger partial charge in [0.15, 0.2) is 23.2 Å². The van der Waals surface area contributed by atoms with Crippen LogP contribution in [0.3, 0.4) is 0 Å². The standard InChI is InChI=1S/C20H24F2N2O5/c1-4-29-16(27)8-14(26)12-7-13(21)18(19(28-3)17(12)22)24-9-15(23-11(2)25)20(10-24)5-6-20/h7,15H,4-6,8-10H2,1-3H3,(H,23,25)/t15-/m1/s1. The van der Waals surface area contributed by atoms with Crippen molar-refractivity contribution in [3.05, 3.63) is 23.3 Å². The van der Waals surface area contributed by atoms with Crippen LogP contribution in [0, 0.1) is 17.0 Å². The summed E-state index contributed by atoms with van der Waals surface area (Å²) in [6, 6.07) is 0.623. The van der Waals surface area contributed by atoms with Crippen molar-refractivity contribution in [2.24, 2.45) is 5.41 Å². The lowest BCUT2D eigenvalue weighted by molar-refractivity contribution is -0.142. The first kappa shape index (κ1) is 21.0. The van der Waals surface area contributed by atoms with Crippen LogP contribution in [0.2, 0.25) is 0 Å². The zero-order valence-electron chi connectivity index (χ0n) is 16.6. The number of Topliss-reactive ketones (excluding diaryl/α,β-unsaturated/α-hetero) is 1. The van der Waals surface area contributed by atoms with Crippen LogP contribution in [0.5, 0.6) is 5.75 Å². The maximum Gasteiger partial charge on any atom is 0.313 e. The second-order valence-corrected chi connectivity index (χ2v) is 7.50. The number of halogens is 2. The van der Waals surface area contributed by atoms with Gasteiger partial charge in [0.05, 0.1) is 25.3 Å². The van der Waals surface area contributed by atoms with Gasteiger partial charge in [0.1, 0.15) is 12.1 Å². The Morgan fingerprint density at radius 2 is 2.00 bits per heavy atom. The molecular weight excluding hydrogens is 386 g/mol. The Kier molecular flexibility index (Phi) is 5.77. The first-order chi connectivity index (χ1) is 13.7. The number of hydrogen-bond donors (Lipinski definition) is 1. The van der Waals surface area contributed by atoms with E-state index in [1.165, 1.54) is 14.0 Å². The van der Waals surface area contributed by atoms with Gasteiger partial charge in [-0.15, -0.1) is 0 Å². The molecular formula is C20H24F2N2O5. The Hall–Kier alpha value is -2.71. The summed E-state index contributed by atoms with van der Waals surface area (Å²) in [6.07, 6.45) is 1.08. The lowest BCUT2D eigenvalue weighted by Crippen LogP contribution is -2.40. The number of ketones is 1. The Morgan fingerprint density at radius 1 is 1.31 bits per heavy atom. The lowest BCUT2D eigenvalue weighted by Gasteiger charge is -2.23. The highest BCUT2D eigenvalue weighted by Gasteiger charge is 2.56. The summed E-state index contributed by atoms with van der Waals surface area (Å²) in [5.74, 6) is -4.12. The average Bonchev–Trinajstić information content (AvgIpc) is 3.33. The van der Waals surface area contributed by atoms with E-state index in [2.05, 4.69) is 10.1 Å². The van der Waals surface area contributed by atoms with Gasteiger partial charge in [0.25, 0.3) is 0 Å². The highest BCUT2D eigenvalue weighted by molar-refractivity contribution is 6.06. The molecule has 1 aliphatic heterocycles. The summed E-state index contributed by atoms with van der Waals surface area (Å²) in [7, 11) is 1.19. The van der Waals surface area contributed by atoms with Gasteiger partial charge in [-0.1, -0.05) is 0 Å². The fraction of sp³-hybridized carbons (Fsp3) is 0.550. The van der Waals surface area contributed by atoms with E-state index in [0.29, 0.717) is 13.1 Å². The number of anilines is 1. The van der Waals surface area contributed by atoms with Gasteiger partial charge in [0, 0.05) is 25.4 Å². The molecule has 1 amide bonds. The second kappa shape index (κ2) is 7.96. The first-order valence-corrected chi connectivity index (χ1v) is 9.49. The van der Waals surface area contributed by atoms with E-state index in [1.54, 1.807) is 11.8 Å². The van der Waals surface area contributed by atoms with E-state index in [1.807, 2.05) is 0 Å². The third-order valence-electron chi connectivity index (χ3n) is 5.50. The molecule has 2 fully saturated rings. The van der Waals surface area contributed by atoms with E-state index in [-0.39, 0.29) is 29.7 Å². The molecule has 158 valence electrons. The fourth-order valence-corrected chi connectivity index (χ4v) is 3.97. The number of benzene rings is 1. The third kappa shape index (κ3) is 4.04. The molecule has 1 saturated heterocycles. The van der Waals surface area contributed by atoms with E-state index < -0.39 is 41.1 Å². The van der Waals surface area contributed by atoms with Gasteiger partial charge in [-0.25, -0.2) is 8.78 Å². The minimum atomic E-state index is -1.02. The predicted octanol–water partition coefficient (Wildman–Crippen LogP) is 2.21. The second-order valence-electron chi connectivity index (χ2n) is 7.50. The molecule has 1 saturated carbocycles. The molecule has 3 rings (SSSR count). The number of esters is 1. The number of carbonyl (C=O) groups excluding carboxylic acids is 3. The molecule has 1 N–H and O–H groups in total. The Morgan fingerprint density at radius 3 is 2.55 bits per heavy atom. The number of methoxy groups -OCH3 is 1. The van der Waals surface area contributed by atoms with Crippen LogP contribution < -0.4 is 15.0 Å². The minimum Gasteiger partial charge on any atom is -0.491 e. The van der Waals surface area contributed by atoms with E-state index in [0.717, 1.165) is 18.9 Å². The molecule has 7 nitrogen and oxygen atoms in total. The van der Waals surface area contributed by atoms with Crippen LogP contribution in [-0.2, 0) is 14.3 Å². The van der Waals surface area contributed by atoms with Gasteiger partial charge in [-0.3, -0.25) is 14.4 Å². The molecule has 1 spiro atoms. The molecule has 1 aromatic carbocycles. The SMILES string of the molecule is CCOC(=O)CC(=O)c1cc(F)c(N2C[C@@H](NC(C)=O)C3(CC3)C2)c(OC)c1F. The molecule has 1 atom stereocenters. The molecule has 9 heteroatoms. The molecule has 29 heavy (non-hydrogen) atoms. The van der Waals surface area contributed by atoms with Crippen molar-refractivity contribution in [2.75, 3.05) is 31.7 Å². The molecule has 2 aliphatic rings. The number of ether oxygens (including phenoxy) is 2. The third-order valence-corrected chi connectivity index (χ3v) is 5.50. The zero-order chi connectivity index (χ0) is 21.3. The van der Waals surface area contributed by atoms with Crippen molar-refractivity contribution in [1.29, 1.82) is 0 Å². The fourth-order valence-electron chi connectivity index (χ4n) is 3.97. The average molecular weight is 410 g/mol. The molecule has 0 unspecified atom stereocenters. The van der Waals surface area contributed by atoms with Gasteiger partial charge < -0.3 is 19.7 Å². The van der Waals surface area contributed by atoms with E-state index in [9.17, 15) is 18.8 Å². The quantitative estimate of drug-likeness (QED) is 0.422. The van der Waals surface area contributed by atoms with Crippen molar-refractivity contribution < 1.29 is 32.6 Å². The highest BCUT2D eigenvalue weighted by atomic mass is 19.1. The number of carbonyl (C=O) groups is 3. The van der Waals surface area contributed by atoms with Crippen LogP contribution in [0.1, 0.15) is 43.5 Å². The summed E-state index contributed by atoms with van der Waals surface area (Å²) >= 11 is 0. The number of hydrogen-bond acceptors (Lipinski definition) is 6. The number of amides is 1. The van der Waals surface area contributed by atoms with Gasteiger partial charge >= 0.3 is 5.97 Å². The Labute approximate surface area is 167 Å². The van der Waals surface area contributed by atoms with Gasteiger partial charge in [0.2, 0.25) is 5.91 Å². The number of nitrogens with zero attached hydrogens (tertiary/aromatic N) is 1. The molecule has 0 bridgehead atoms. The number of nitrogens with one attached hydrogen (secondary N) is 1. The lowest BCUT2D eigenvalue weighted by atomic mass is 10.0. The summed E-state index contributed by atoms with van der Waals surface area (Å²) in [5, 5.41) is 2.89. The van der Waals surface area contributed by atoms with Gasteiger partial charge in [-0.2, -0.15) is 0 Å². The first-order valence-electron chi connectivity index (χ1n) is 9.49. The predicted molar refractivity (Wildman–Crippen MR) is 100.0 cm³/mol. The van der Waals surface area contributed by atoms with Crippen molar-refractivity contribution in [3.63, 3.8) is 0 Å². The van der Waals surface area contributed by atoms with Crippen LogP contribution >= 0.6 is 0 Å². The normalized spacial score (nSPS) is 19.2. The largest absolute Gasteiger partial charge is 0.491 e. The Bertz CT molecular complexity index is 854. The topological polar surface area (TPSA) is 84.9 Å². The highest BCUT2D eigenvalue weighted by Crippen LogP contribution is 2.54. The molecule has 0 radical (unpaired) electrons. The van der Waals surface area contributed by atoms with Crippen LogP contribution in [0.15, 0.2) is 6.07 Å². The maximum atomic E-state index is 15.0. The molecule has 1 aromatic rings. The van der Waals surface area contributed by atoms with Crippen LogP contribution in [-0.4, -0.2) is 50.5 Å². The van der Waals surface area contributed by atoms with Crippen molar-refractivity contribution in [3.8, 4) is 5.75 Å². The summed E-state index contributed by atoms with van der Waals surface area (Å²) in [4.78, 5) is 36.9. The van der Waals surface area contributed by atoms with Crippen LogP contribution in [0.25, 0.3) is 0 Å². The summed E-state index contributed by atoms with van der Waals surface area (Å²) < 4.78 is 39.8. The monoisotopic (exact) mass is 410 g/mol. The smallest absolute Gasteiger partial charge is 0.313 e. The van der Waals surface area contributed by atoms with Crippen LogP contribution in [0.4, 0.5) is 14.5 Å². The summed E-state index contributed by atoms with van der Waals surface area (Å²) in [5.41, 5.74) is -0.801. The Balaban J connectivity index is 1.91. The maximum absolute atomic E-state index is 15.0. The zero-order valence-corrected chi connectivity index (χ0v) is 16.6. The van der Waals surface area contributed by atoms with Gasteiger partial charge in [-0.05, 0) is 25.8 Å². The summed E-state index contributed by atoms with van der Waals surface area (Å²) in [6.45, 7) is 3.83. The molecule has 1 heterocycles. The molecule has 0 aromatic heterocycles. The van der Waals surface area contributed by atoms with E-state index >= 15 is 4.39 Å². The number of rotatable bonds is 7.